The number of hydrogen-bond donors (Lipinski definition) is 2. The molecule has 18 heavy (non-hydrogen) atoms. The Morgan fingerprint density at radius 1 is 1.44 bits per heavy atom. The predicted octanol–water partition coefficient (Wildman–Crippen LogP) is 2.38. The zero-order valence-electron chi connectivity index (χ0n) is 9.61. The van der Waals surface area contributed by atoms with Gasteiger partial charge in [0.2, 0.25) is 0 Å². The number of H-pyrrole nitrogens is 1. The van der Waals surface area contributed by atoms with Crippen LogP contribution < -0.4 is 5.56 Å². The molecule has 0 unspecified atom stereocenters. The van der Waals surface area contributed by atoms with Crippen molar-refractivity contribution in [2.24, 2.45) is 0 Å². The molecule has 1 aromatic heterocycles. The highest BCUT2D eigenvalue weighted by atomic mass is 35.5. The summed E-state index contributed by atoms with van der Waals surface area (Å²) in [7, 11) is 0. The second-order valence-electron chi connectivity index (χ2n) is 3.70. The van der Waals surface area contributed by atoms with E-state index in [2.05, 4.69) is 9.97 Å². The molecule has 0 aliphatic carbocycles. The van der Waals surface area contributed by atoms with E-state index < -0.39 is 0 Å². The maximum Gasteiger partial charge on any atom is 0.251 e. The van der Waals surface area contributed by atoms with Crippen molar-refractivity contribution in [2.45, 2.75) is 23.6 Å². The molecule has 2 rings (SSSR count). The van der Waals surface area contributed by atoms with E-state index in [0.717, 1.165) is 10.5 Å². The fourth-order valence-corrected chi connectivity index (χ4v) is 2.69. The summed E-state index contributed by atoms with van der Waals surface area (Å²) in [5, 5.41) is 10.3. The van der Waals surface area contributed by atoms with Crippen molar-refractivity contribution in [3.63, 3.8) is 0 Å². The SMILES string of the molecule is Cc1cc(=O)[nH]c(Sc2cc(Cl)ccc2CO)n1. The molecule has 2 aromatic rings. The summed E-state index contributed by atoms with van der Waals surface area (Å²) in [4.78, 5) is 19.0. The molecular formula is C12H11ClN2O2S. The Morgan fingerprint density at radius 2 is 2.22 bits per heavy atom. The minimum Gasteiger partial charge on any atom is -0.392 e. The number of halogens is 1. The summed E-state index contributed by atoms with van der Waals surface area (Å²) in [6.07, 6.45) is 0. The van der Waals surface area contributed by atoms with Crippen LogP contribution in [0.5, 0.6) is 0 Å². The second kappa shape index (κ2) is 5.56. The van der Waals surface area contributed by atoms with E-state index in [0.29, 0.717) is 15.9 Å². The number of aryl methyl sites for hydroxylation is 1. The third-order valence-electron chi connectivity index (χ3n) is 2.25. The van der Waals surface area contributed by atoms with Crippen molar-refractivity contribution in [3.8, 4) is 0 Å². The Labute approximate surface area is 113 Å². The Hall–Kier alpha value is -1.30. The maximum absolute atomic E-state index is 11.3. The van der Waals surface area contributed by atoms with Crippen LogP contribution in [-0.2, 0) is 6.61 Å². The molecule has 0 spiro atoms. The summed E-state index contributed by atoms with van der Waals surface area (Å²) < 4.78 is 0. The molecule has 0 radical (unpaired) electrons. The predicted molar refractivity (Wildman–Crippen MR) is 71.1 cm³/mol. The first-order valence-corrected chi connectivity index (χ1v) is 6.43. The molecule has 4 nitrogen and oxygen atoms in total. The monoisotopic (exact) mass is 282 g/mol. The molecular weight excluding hydrogens is 272 g/mol. The van der Waals surface area contributed by atoms with Gasteiger partial charge in [-0.25, -0.2) is 4.98 Å². The third kappa shape index (κ3) is 3.13. The lowest BCUT2D eigenvalue weighted by Gasteiger charge is -2.07. The fraction of sp³-hybridized carbons (Fsp3) is 0.167. The average molecular weight is 283 g/mol. The lowest BCUT2D eigenvalue weighted by molar-refractivity contribution is 0.279. The van der Waals surface area contributed by atoms with Crippen LogP contribution in [0, 0.1) is 6.92 Å². The molecule has 0 atom stereocenters. The Balaban J connectivity index is 2.38. The number of benzene rings is 1. The quantitative estimate of drug-likeness (QED) is 0.848. The standard InChI is InChI=1S/C12H11ClN2O2S/c1-7-4-11(17)15-12(14-7)18-10-5-9(13)3-2-8(10)6-16/h2-5,16H,6H2,1H3,(H,14,15,17). The van der Waals surface area contributed by atoms with Gasteiger partial charge in [-0.2, -0.15) is 0 Å². The number of nitrogens with zero attached hydrogens (tertiary/aromatic N) is 1. The molecule has 0 aliphatic heterocycles. The van der Waals surface area contributed by atoms with Crippen LogP contribution in [0.1, 0.15) is 11.3 Å². The lowest BCUT2D eigenvalue weighted by atomic mass is 10.2. The van der Waals surface area contributed by atoms with Crippen LogP contribution in [0.15, 0.2) is 39.1 Å². The number of aliphatic hydroxyl groups is 1. The summed E-state index contributed by atoms with van der Waals surface area (Å²) >= 11 is 7.19. The molecule has 6 heteroatoms. The summed E-state index contributed by atoms with van der Waals surface area (Å²) in [5.74, 6) is 0. The highest BCUT2D eigenvalue weighted by Gasteiger charge is 2.07. The minimum atomic E-state index is -0.197. The first-order chi connectivity index (χ1) is 8.58. The van der Waals surface area contributed by atoms with Gasteiger partial charge in [-0.3, -0.25) is 4.79 Å². The first kappa shape index (κ1) is 13.1. The van der Waals surface area contributed by atoms with Crippen molar-refractivity contribution in [1.29, 1.82) is 0 Å². The Bertz CT molecular complexity index is 628. The molecule has 2 N–H and O–H groups in total. The molecule has 0 fully saturated rings. The summed E-state index contributed by atoms with van der Waals surface area (Å²) in [5.41, 5.74) is 1.19. The fourth-order valence-electron chi connectivity index (χ4n) is 1.46. The van der Waals surface area contributed by atoms with Gasteiger partial charge < -0.3 is 10.1 Å². The third-order valence-corrected chi connectivity index (χ3v) is 3.48. The van der Waals surface area contributed by atoms with Gasteiger partial charge in [-0.15, -0.1) is 0 Å². The largest absolute Gasteiger partial charge is 0.392 e. The Kier molecular flexibility index (Phi) is 4.06. The topological polar surface area (TPSA) is 66.0 Å². The van der Waals surface area contributed by atoms with E-state index in [1.165, 1.54) is 17.8 Å². The first-order valence-electron chi connectivity index (χ1n) is 5.23. The molecule has 1 heterocycles. The summed E-state index contributed by atoms with van der Waals surface area (Å²) in [6.45, 7) is 1.67. The van der Waals surface area contributed by atoms with E-state index in [9.17, 15) is 9.90 Å². The van der Waals surface area contributed by atoms with Gasteiger partial charge in [-0.1, -0.05) is 29.4 Å². The number of nitrogens with one attached hydrogen (secondary N) is 1. The smallest absolute Gasteiger partial charge is 0.251 e. The van der Waals surface area contributed by atoms with Gasteiger partial charge in [0.05, 0.1) is 6.61 Å². The number of rotatable bonds is 3. The Morgan fingerprint density at radius 3 is 2.89 bits per heavy atom. The van der Waals surface area contributed by atoms with E-state index in [1.807, 2.05) is 0 Å². The average Bonchev–Trinajstić information content (AvgIpc) is 2.27. The van der Waals surface area contributed by atoms with Gasteiger partial charge >= 0.3 is 0 Å². The molecule has 0 aliphatic rings. The van der Waals surface area contributed by atoms with Gasteiger partial charge in [0.15, 0.2) is 5.16 Å². The number of aromatic nitrogens is 2. The van der Waals surface area contributed by atoms with E-state index >= 15 is 0 Å². The van der Waals surface area contributed by atoms with Crippen LogP contribution in [0.25, 0.3) is 0 Å². The number of aromatic amines is 1. The van der Waals surface area contributed by atoms with Crippen LogP contribution >= 0.6 is 23.4 Å². The molecule has 1 aromatic carbocycles. The van der Waals surface area contributed by atoms with Gasteiger partial charge in [-0.05, 0) is 24.6 Å². The zero-order chi connectivity index (χ0) is 13.1. The molecule has 0 bridgehead atoms. The van der Waals surface area contributed by atoms with Gasteiger partial charge in [0.25, 0.3) is 5.56 Å². The molecule has 94 valence electrons. The molecule has 0 saturated carbocycles. The van der Waals surface area contributed by atoms with Crippen LogP contribution in [0.4, 0.5) is 0 Å². The van der Waals surface area contributed by atoms with Crippen LogP contribution in [-0.4, -0.2) is 15.1 Å². The van der Waals surface area contributed by atoms with E-state index in [-0.39, 0.29) is 12.2 Å². The van der Waals surface area contributed by atoms with Crippen LogP contribution in [0.3, 0.4) is 0 Å². The zero-order valence-corrected chi connectivity index (χ0v) is 11.2. The number of aliphatic hydroxyl groups excluding tert-OH is 1. The second-order valence-corrected chi connectivity index (χ2v) is 5.17. The maximum atomic E-state index is 11.3. The highest BCUT2D eigenvalue weighted by molar-refractivity contribution is 7.99. The molecule has 0 amide bonds. The van der Waals surface area contributed by atoms with E-state index in [4.69, 9.17) is 11.6 Å². The minimum absolute atomic E-state index is 0.0877. The van der Waals surface area contributed by atoms with Crippen molar-refractivity contribution in [2.75, 3.05) is 0 Å². The van der Waals surface area contributed by atoms with Crippen molar-refractivity contribution < 1.29 is 5.11 Å². The molecule has 0 saturated heterocycles. The summed E-state index contributed by atoms with van der Waals surface area (Å²) in [6, 6.07) is 6.62. The normalized spacial score (nSPS) is 10.6. The highest BCUT2D eigenvalue weighted by Crippen LogP contribution is 2.30. The van der Waals surface area contributed by atoms with Crippen molar-refractivity contribution >= 4 is 23.4 Å². The van der Waals surface area contributed by atoms with Crippen molar-refractivity contribution in [3.05, 3.63) is 50.9 Å². The van der Waals surface area contributed by atoms with Gasteiger partial charge in [0, 0.05) is 21.7 Å². The van der Waals surface area contributed by atoms with Crippen molar-refractivity contribution in [1.82, 2.24) is 9.97 Å². The lowest BCUT2D eigenvalue weighted by Crippen LogP contribution is -2.08. The van der Waals surface area contributed by atoms with Gasteiger partial charge in [0.1, 0.15) is 0 Å². The van der Waals surface area contributed by atoms with E-state index in [1.54, 1.807) is 25.1 Å². The van der Waals surface area contributed by atoms with Crippen LogP contribution in [0.2, 0.25) is 5.02 Å². The number of hydrogen-bond acceptors (Lipinski definition) is 4.